The Morgan fingerprint density at radius 3 is 2.72 bits per heavy atom. The average molecular weight is 287 g/mol. The molecule has 0 aromatic carbocycles. The molecule has 0 fully saturated rings. The molecule has 18 heavy (non-hydrogen) atoms. The van der Waals surface area contributed by atoms with Gasteiger partial charge in [0.2, 0.25) is 0 Å². The van der Waals surface area contributed by atoms with Crippen LogP contribution < -0.4 is 10.6 Å². The lowest BCUT2D eigenvalue weighted by molar-refractivity contribution is 0.805. The van der Waals surface area contributed by atoms with Gasteiger partial charge in [-0.15, -0.1) is 6.42 Å². The van der Waals surface area contributed by atoms with Crippen molar-refractivity contribution >= 4 is 29.2 Å². The molecule has 6 heteroatoms. The lowest BCUT2D eigenvalue weighted by atomic mass is 10.4. The summed E-state index contributed by atoms with van der Waals surface area (Å²) in [5.74, 6) is 3.17. The maximum atomic E-state index is 5.98. The lowest BCUT2D eigenvalue weighted by Crippen LogP contribution is -2.37. The van der Waals surface area contributed by atoms with Gasteiger partial charge in [-0.2, -0.15) is 0 Å². The molecule has 98 valence electrons. The molecular weight excluding hydrogens is 271 g/mol. The van der Waals surface area contributed by atoms with Crippen molar-refractivity contribution in [2.24, 2.45) is 12.0 Å². The molecule has 2 N–H and O–H groups in total. The van der Waals surface area contributed by atoms with E-state index in [4.69, 9.17) is 29.6 Å². The number of guanidine groups is 1. The third-order valence-corrected chi connectivity index (χ3v) is 3.16. The van der Waals surface area contributed by atoms with E-state index in [9.17, 15) is 0 Å². The Labute approximate surface area is 117 Å². The molecule has 0 amide bonds. The molecule has 0 saturated heterocycles. The molecule has 0 aliphatic carbocycles. The van der Waals surface area contributed by atoms with E-state index in [1.807, 2.05) is 14.0 Å². The summed E-state index contributed by atoms with van der Waals surface area (Å²) < 4.78 is 1.80. The van der Waals surface area contributed by atoms with Crippen molar-refractivity contribution in [3.05, 3.63) is 21.9 Å². The van der Waals surface area contributed by atoms with Crippen LogP contribution in [0.25, 0.3) is 0 Å². The molecule has 0 spiro atoms. The van der Waals surface area contributed by atoms with Crippen LogP contribution in [0.3, 0.4) is 0 Å². The van der Waals surface area contributed by atoms with Gasteiger partial charge in [-0.1, -0.05) is 29.1 Å². The highest BCUT2D eigenvalue weighted by atomic mass is 35.5. The van der Waals surface area contributed by atoms with Gasteiger partial charge in [-0.25, -0.2) is 4.99 Å². The van der Waals surface area contributed by atoms with Crippen LogP contribution in [0.4, 0.5) is 0 Å². The largest absolute Gasteiger partial charge is 0.357 e. The van der Waals surface area contributed by atoms with E-state index >= 15 is 0 Å². The molecular formula is C12H16Cl2N4. The van der Waals surface area contributed by atoms with Crippen LogP contribution in [-0.2, 0) is 13.6 Å². The van der Waals surface area contributed by atoms with Gasteiger partial charge in [-0.05, 0) is 13.0 Å². The third-order valence-electron chi connectivity index (χ3n) is 2.32. The number of rotatable bonds is 4. The number of halogens is 2. The Hall–Kier alpha value is -1.31. The van der Waals surface area contributed by atoms with Crippen LogP contribution in [0.5, 0.6) is 0 Å². The zero-order valence-electron chi connectivity index (χ0n) is 10.4. The minimum Gasteiger partial charge on any atom is -0.357 e. The molecule has 0 radical (unpaired) electrons. The maximum Gasteiger partial charge on any atom is 0.192 e. The summed E-state index contributed by atoms with van der Waals surface area (Å²) in [4.78, 5) is 4.40. The van der Waals surface area contributed by atoms with Gasteiger partial charge >= 0.3 is 0 Å². The Bertz CT molecular complexity index is 471. The summed E-state index contributed by atoms with van der Waals surface area (Å²) >= 11 is 11.9. The van der Waals surface area contributed by atoms with Crippen molar-refractivity contribution in [1.29, 1.82) is 0 Å². The molecule has 0 bridgehead atoms. The first-order valence-electron chi connectivity index (χ1n) is 5.55. The SMILES string of the molecule is C#CCNC(=NCc1cc(Cl)c(Cl)n1C)NCC. The first kappa shape index (κ1) is 14.7. The van der Waals surface area contributed by atoms with E-state index in [2.05, 4.69) is 21.5 Å². The standard InChI is InChI=1S/C12H16Cl2N4/c1-4-6-16-12(15-5-2)17-8-9-7-10(13)11(14)18(9)3/h1,7H,5-6,8H2,2-3H3,(H2,15,16,17). The van der Waals surface area contributed by atoms with Crippen molar-refractivity contribution in [3.8, 4) is 12.3 Å². The van der Waals surface area contributed by atoms with Gasteiger partial charge < -0.3 is 15.2 Å². The van der Waals surface area contributed by atoms with Crippen molar-refractivity contribution < 1.29 is 0 Å². The molecule has 0 aliphatic heterocycles. The van der Waals surface area contributed by atoms with Gasteiger partial charge in [-0.3, -0.25) is 0 Å². The van der Waals surface area contributed by atoms with Gasteiger partial charge in [0, 0.05) is 19.3 Å². The number of aromatic nitrogens is 1. The quantitative estimate of drug-likeness (QED) is 0.505. The Morgan fingerprint density at radius 2 is 2.22 bits per heavy atom. The highest BCUT2D eigenvalue weighted by Gasteiger charge is 2.08. The minimum absolute atomic E-state index is 0.431. The van der Waals surface area contributed by atoms with E-state index in [-0.39, 0.29) is 0 Å². The van der Waals surface area contributed by atoms with E-state index in [0.29, 0.717) is 29.2 Å². The highest BCUT2D eigenvalue weighted by Crippen LogP contribution is 2.25. The fourth-order valence-electron chi connectivity index (χ4n) is 1.38. The molecule has 1 aromatic heterocycles. The van der Waals surface area contributed by atoms with Crippen LogP contribution in [0.15, 0.2) is 11.1 Å². The van der Waals surface area contributed by atoms with Crippen molar-refractivity contribution in [3.63, 3.8) is 0 Å². The molecule has 1 aromatic rings. The zero-order chi connectivity index (χ0) is 13.5. The van der Waals surface area contributed by atoms with Crippen LogP contribution >= 0.6 is 23.2 Å². The van der Waals surface area contributed by atoms with Gasteiger partial charge in [0.15, 0.2) is 5.96 Å². The van der Waals surface area contributed by atoms with Crippen LogP contribution in [0.1, 0.15) is 12.6 Å². The summed E-state index contributed by atoms with van der Waals surface area (Å²) in [7, 11) is 1.85. The van der Waals surface area contributed by atoms with Gasteiger partial charge in [0.05, 0.1) is 18.1 Å². The predicted molar refractivity (Wildman–Crippen MR) is 77.1 cm³/mol. The average Bonchev–Trinajstić information content (AvgIpc) is 2.60. The third kappa shape index (κ3) is 3.86. The van der Waals surface area contributed by atoms with Crippen LogP contribution in [-0.4, -0.2) is 23.6 Å². The Kier molecular flexibility index (Phi) is 5.90. The number of terminal acetylenes is 1. The van der Waals surface area contributed by atoms with Crippen molar-refractivity contribution in [2.75, 3.05) is 13.1 Å². The first-order chi connectivity index (χ1) is 8.60. The fraction of sp³-hybridized carbons (Fsp3) is 0.417. The molecule has 1 rings (SSSR count). The van der Waals surface area contributed by atoms with Gasteiger partial charge in [0.1, 0.15) is 5.15 Å². The van der Waals surface area contributed by atoms with Gasteiger partial charge in [0.25, 0.3) is 0 Å². The maximum absolute atomic E-state index is 5.98. The number of aliphatic imine (C=N–C) groups is 1. The molecule has 0 atom stereocenters. The zero-order valence-corrected chi connectivity index (χ0v) is 11.9. The smallest absolute Gasteiger partial charge is 0.192 e. The first-order valence-corrected chi connectivity index (χ1v) is 6.31. The topological polar surface area (TPSA) is 41.4 Å². The summed E-state index contributed by atoms with van der Waals surface area (Å²) in [6.07, 6.45) is 5.19. The molecule has 0 aliphatic rings. The van der Waals surface area contributed by atoms with E-state index in [1.165, 1.54) is 0 Å². The van der Waals surface area contributed by atoms with Crippen LogP contribution in [0, 0.1) is 12.3 Å². The molecule has 0 unspecified atom stereocenters. The Morgan fingerprint density at radius 1 is 1.50 bits per heavy atom. The molecule has 4 nitrogen and oxygen atoms in total. The normalized spacial score (nSPS) is 11.2. The highest BCUT2D eigenvalue weighted by molar-refractivity contribution is 6.41. The summed E-state index contributed by atoms with van der Waals surface area (Å²) in [5.41, 5.74) is 0.933. The van der Waals surface area contributed by atoms with Crippen molar-refractivity contribution in [2.45, 2.75) is 13.5 Å². The predicted octanol–water partition coefficient (Wildman–Crippen LogP) is 2.02. The van der Waals surface area contributed by atoms with E-state index in [0.717, 1.165) is 12.2 Å². The minimum atomic E-state index is 0.431. The second-order valence-electron chi connectivity index (χ2n) is 3.59. The summed E-state index contributed by atoms with van der Waals surface area (Å²) in [6.45, 7) is 3.66. The lowest BCUT2D eigenvalue weighted by Gasteiger charge is -2.09. The van der Waals surface area contributed by atoms with Crippen molar-refractivity contribution in [1.82, 2.24) is 15.2 Å². The number of hydrogen-bond acceptors (Lipinski definition) is 1. The van der Waals surface area contributed by atoms with E-state index in [1.54, 1.807) is 10.6 Å². The van der Waals surface area contributed by atoms with Crippen LogP contribution in [0.2, 0.25) is 10.2 Å². The molecule has 1 heterocycles. The van der Waals surface area contributed by atoms with E-state index < -0.39 is 0 Å². The number of nitrogens with zero attached hydrogens (tertiary/aromatic N) is 2. The second kappa shape index (κ2) is 7.20. The summed E-state index contributed by atoms with van der Waals surface area (Å²) in [6, 6.07) is 1.80. The number of nitrogens with one attached hydrogen (secondary N) is 2. The Balaban J connectivity index is 2.75. The monoisotopic (exact) mass is 286 g/mol. The summed E-state index contributed by atoms with van der Waals surface area (Å²) in [5, 5.41) is 7.16. The number of hydrogen-bond donors (Lipinski definition) is 2. The fourth-order valence-corrected chi connectivity index (χ4v) is 1.79. The molecule has 0 saturated carbocycles. The second-order valence-corrected chi connectivity index (χ2v) is 4.35.